The van der Waals surface area contributed by atoms with Gasteiger partial charge in [-0.3, -0.25) is 4.89 Å². The molecule has 1 N–H and O–H groups in total. The molecule has 0 aliphatic rings. The van der Waals surface area contributed by atoms with Crippen LogP contribution in [0, 0.1) is 21.6 Å². The monoisotopic (exact) mass is 211 g/mol. The van der Waals surface area contributed by atoms with E-state index in [0.29, 0.717) is 6.19 Å². The van der Waals surface area contributed by atoms with E-state index in [1.807, 2.05) is 0 Å². The van der Waals surface area contributed by atoms with Crippen molar-refractivity contribution >= 4 is 16.3 Å². The first-order valence-electron chi connectivity index (χ1n) is 2.33. The zero-order chi connectivity index (χ0) is 10.6. The molecule has 11 heteroatoms. The Morgan fingerprint density at radius 3 is 2.38 bits per heavy atom. The van der Waals surface area contributed by atoms with E-state index < -0.39 is 24.9 Å². The number of nitrogens with zero attached hydrogens (tertiary/aromatic N) is 3. The topological polar surface area (TPSA) is 151 Å². The highest BCUT2D eigenvalue weighted by Gasteiger charge is 2.40. The van der Waals surface area contributed by atoms with Gasteiger partial charge in [-0.05, 0) is 4.31 Å². The van der Waals surface area contributed by atoms with Crippen molar-refractivity contribution in [2.24, 2.45) is 0 Å². The Bertz CT molecular complexity index is 364. The molecule has 0 atom stereocenters. The molecule has 0 aliphatic heterocycles. The fourth-order valence-corrected chi connectivity index (χ4v) is 0.749. The molecule has 0 unspecified atom stereocenters. The third kappa shape index (κ3) is 2.01. The predicted octanol–water partition coefficient (Wildman–Crippen LogP) is -1.10. The van der Waals surface area contributed by atoms with Crippen molar-refractivity contribution in [2.75, 3.05) is 0 Å². The standard InChI is InChI=1S/C2HN3O7S/c3-1-4(2(6)12-9)13(10,11)5(7)8/h9H. The van der Waals surface area contributed by atoms with Gasteiger partial charge in [-0.2, -0.15) is 10.5 Å². The van der Waals surface area contributed by atoms with Gasteiger partial charge >= 0.3 is 16.3 Å². The smallest absolute Gasteiger partial charge is 0.276 e. The number of nitro groups is 1. The summed E-state index contributed by atoms with van der Waals surface area (Å²) in [6.45, 7) is 0. The van der Waals surface area contributed by atoms with Crippen molar-refractivity contribution in [1.82, 2.24) is 4.31 Å². The lowest BCUT2D eigenvalue weighted by Crippen LogP contribution is -2.36. The number of carbonyl (C=O) groups excluding carboxylic acids is 1. The summed E-state index contributed by atoms with van der Waals surface area (Å²) in [5.41, 5.74) is 0. The Labute approximate surface area is 70.8 Å². The maximum Gasteiger partial charge on any atom is 0.542 e. The Hall–Kier alpha value is -1.93. The second kappa shape index (κ2) is 3.65. The minimum absolute atomic E-state index is 0.644. The lowest BCUT2D eigenvalue weighted by Gasteiger charge is -2.02. The van der Waals surface area contributed by atoms with E-state index in [1.54, 1.807) is 0 Å². The van der Waals surface area contributed by atoms with Crippen molar-refractivity contribution in [3.63, 3.8) is 0 Å². The number of hydrogen-bond donors (Lipinski definition) is 1. The lowest BCUT2D eigenvalue weighted by atomic mass is 11.1. The number of rotatable bonds is 2. The van der Waals surface area contributed by atoms with Gasteiger partial charge in [-0.1, -0.05) is 0 Å². The van der Waals surface area contributed by atoms with E-state index in [2.05, 4.69) is 4.89 Å². The highest BCUT2D eigenvalue weighted by Crippen LogP contribution is 2.02. The molecular formula is C2HN3O7S. The fraction of sp³-hybridized carbons (Fsp3) is 0. The van der Waals surface area contributed by atoms with Crippen LogP contribution in [0.4, 0.5) is 4.79 Å². The van der Waals surface area contributed by atoms with Crippen molar-refractivity contribution in [1.29, 1.82) is 5.26 Å². The Kier molecular flexibility index (Phi) is 3.11. The normalized spacial score (nSPS) is 9.85. The van der Waals surface area contributed by atoms with Gasteiger partial charge in [0.15, 0.2) is 4.33 Å². The number of amides is 1. The van der Waals surface area contributed by atoms with Crippen LogP contribution in [0.5, 0.6) is 0 Å². The van der Waals surface area contributed by atoms with Crippen molar-refractivity contribution in [2.45, 2.75) is 0 Å². The molecule has 0 saturated heterocycles. The van der Waals surface area contributed by atoms with Crippen LogP contribution in [0.15, 0.2) is 0 Å². The van der Waals surface area contributed by atoms with Crippen molar-refractivity contribution in [3.05, 3.63) is 10.1 Å². The van der Waals surface area contributed by atoms with E-state index in [-0.39, 0.29) is 0 Å². The van der Waals surface area contributed by atoms with Gasteiger partial charge in [0, 0.05) is 0 Å². The Balaban J connectivity index is 5.16. The molecule has 0 rings (SSSR count). The van der Waals surface area contributed by atoms with E-state index in [9.17, 15) is 23.3 Å². The summed E-state index contributed by atoms with van der Waals surface area (Å²) in [5, 5.41) is 25.4. The largest absolute Gasteiger partial charge is 0.542 e. The zero-order valence-corrected chi connectivity index (χ0v) is 6.46. The summed E-state index contributed by atoms with van der Waals surface area (Å²) in [7, 11) is -5.34. The molecule has 1 amide bonds. The van der Waals surface area contributed by atoms with Gasteiger partial charge in [0.25, 0.3) is 0 Å². The Morgan fingerprint density at radius 1 is 1.69 bits per heavy atom. The molecule has 13 heavy (non-hydrogen) atoms. The second-order valence-electron chi connectivity index (χ2n) is 1.42. The number of hydrogen-bond acceptors (Lipinski definition) is 8. The lowest BCUT2D eigenvalue weighted by molar-refractivity contribution is -0.311. The van der Waals surface area contributed by atoms with Gasteiger partial charge in [0.1, 0.15) is 0 Å². The van der Waals surface area contributed by atoms with Gasteiger partial charge in [-0.25, -0.2) is 14.9 Å². The maximum absolute atomic E-state index is 10.5. The summed E-state index contributed by atoms with van der Waals surface area (Å²) < 4.78 is 18.1. The third-order valence-corrected chi connectivity index (χ3v) is 1.82. The quantitative estimate of drug-likeness (QED) is 0.198. The summed E-state index contributed by atoms with van der Waals surface area (Å²) in [5.74, 6) is 0. The highest BCUT2D eigenvalue weighted by atomic mass is 32.2. The molecule has 0 aromatic carbocycles. The first kappa shape index (κ1) is 11.1. The van der Waals surface area contributed by atoms with Gasteiger partial charge < -0.3 is 0 Å². The molecule has 0 saturated carbocycles. The second-order valence-corrected chi connectivity index (χ2v) is 2.98. The molecule has 72 valence electrons. The Morgan fingerprint density at radius 2 is 2.15 bits per heavy atom. The molecule has 0 aromatic rings. The molecular weight excluding hydrogens is 210 g/mol. The fourth-order valence-electron chi connectivity index (χ4n) is 0.290. The molecule has 0 aromatic heterocycles. The maximum atomic E-state index is 10.5. The van der Waals surface area contributed by atoms with Gasteiger partial charge in [0.05, 0.1) is 0 Å². The van der Waals surface area contributed by atoms with Crippen molar-refractivity contribution in [3.8, 4) is 6.19 Å². The number of nitriles is 1. The molecule has 0 fully saturated rings. The molecule has 10 nitrogen and oxygen atoms in total. The minimum Gasteiger partial charge on any atom is -0.276 e. The first-order chi connectivity index (χ1) is 5.87. The van der Waals surface area contributed by atoms with Crippen LogP contribution < -0.4 is 0 Å². The third-order valence-electron chi connectivity index (χ3n) is 0.754. The average Bonchev–Trinajstić information content (AvgIpc) is 2.04. The van der Waals surface area contributed by atoms with Crippen LogP contribution >= 0.6 is 0 Å². The summed E-state index contributed by atoms with van der Waals surface area (Å²) >= 11 is 0. The first-order valence-corrected chi connectivity index (χ1v) is 3.72. The molecule has 0 aliphatic carbocycles. The number of carbonyl (C=O) groups is 1. The van der Waals surface area contributed by atoms with Crippen LogP contribution in [-0.2, 0) is 15.1 Å². The van der Waals surface area contributed by atoms with E-state index >= 15 is 0 Å². The van der Waals surface area contributed by atoms with Gasteiger partial charge in [0.2, 0.25) is 6.19 Å². The predicted molar refractivity (Wildman–Crippen MR) is 32.5 cm³/mol. The van der Waals surface area contributed by atoms with Crippen molar-refractivity contribution < 1.29 is 27.7 Å². The SMILES string of the molecule is N#CN(C(=O)OO)S(=O)(=O)[N+](=O)[O-]. The van der Waals surface area contributed by atoms with E-state index in [4.69, 9.17) is 10.5 Å². The summed E-state index contributed by atoms with van der Waals surface area (Å²) in [6, 6.07) is 0. The van der Waals surface area contributed by atoms with E-state index in [1.165, 1.54) is 0 Å². The van der Waals surface area contributed by atoms with E-state index in [0.717, 1.165) is 0 Å². The summed E-state index contributed by atoms with van der Waals surface area (Å²) in [6.07, 6.45) is -1.44. The summed E-state index contributed by atoms with van der Waals surface area (Å²) in [4.78, 5) is 22.8. The van der Waals surface area contributed by atoms with Crippen LogP contribution in [0.2, 0.25) is 0 Å². The van der Waals surface area contributed by atoms with Crippen LogP contribution in [-0.4, -0.2) is 28.4 Å². The van der Waals surface area contributed by atoms with Crippen LogP contribution in [0.1, 0.15) is 0 Å². The minimum atomic E-state index is -5.34. The molecule has 0 heterocycles. The molecule has 0 spiro atoms. The van der Waals surface area contributed by atoms with Gasteiger partial charge in [-0.15, -0.1) is 8.42 Å². The average molecular weight is 211 g/mol. The molecule has 0 bridgehead atoms. The van der Waals surface area contributed by atoms with Crippen LogP contribution in [0.25, 0.3) is 0 Å². The zero-order valence-electron chi connectivity index (χ0n) is 5.65. The highest BCUT2D eigenvalue weighted by molar-refractivity contribution is 7.83. The van der Waals surface area contributed by atoms with Crippen LogP contribution in [0.3, 0.4) is 0 Å². The molecule has 0 radical (unpaired) electrons.